The highest BCUT2D eigenvalue weighted by Gasteiger charge is 2.31. The average molecular weight is 616 g/mol. The summed E-state index contributed by atoms with van der Waals surface area (Å²) in [5.41, 5.74) is 4.73. The highest BCUT2D eigenvalue weighted by atomic mass is 79.9. The van der Waals surface area contributed by atoms with Crippen LogP contribution in [0.2, 0.25) is 0 Å². The molecule has 0 spiro atoms. The van der Waals surface area contributed by atoms with Gasteiger partial charge in [-0.25, -0.2) is 0 Å². The second-order valence-electron chi connectivity index (χ2n) is 6.41. The molecule has 27 heavy (non-hydrogen) atoms. The van der Waals surface area contributed by atoms with Gasteiger partial charge in [0.2, 0.25) is 0 Å². The van der Waals surface area contributed by atoms with E-state index in [0.717, 1.165) is 22.6 Å². The minimum atomic E-state index is 0.0635. The first-order valence-corrected chi connectivity index (χ1v) is 12.2. The van der Waals surface area contributed by atoms with Crippen LogP contribution >= 0.6 is 63.7 Å². The molecule has 5 heteroatoms. The Bertz CT molecular complexity index is 882. The van der Waals surface area contributed by atoms with E-state index < -0.39 is 0 Å². The van der Waals surface area contributed by atoms with E-state index in [4.69, 9.17) is 4.74 Å². The van der Waals surface area contributed by atoms with Crippen molar-refractivity contribution in [1.29, 1.82) is 0 Å². The zero-order valence-corrected chi connectivity index (χ0v) is 20.5. The minimum Gasteiger partial charge on any atom is -0.457 e. The molecule has 1 nitrogen and oxygen atoms in total. The van der Waals surface area contributed by atoms with E-state index in [1.54, 1.807) is 0 Å². The fourth-order valence-electron chi connectivity index (χ4n) is 3.36. The molecule has 4 atom stereocenters. The third kappa shape index (κ3) is 3.81. The lowest BCUT2D eigenvalue weighted by Crippen LogP contribution is -2.06. The highest BCUT2D eigenvalue weighted by molar-refractivity contribution is 9.12. The van der Waals surface area contributed by atoms with Crippen LogP contribution in [0.5, 0.6) is 11.5 Å². The van der Waals surface area contributed by atoms with Crippen molar-refractivity contribution < 1.29 is 4.74 Å². The third-order valence-corrected chi connectivity index (χ3v) is 10.3. The van der Waals surface area contributed by atoms with Crippen molar-refractivity contribution in [1.82, 2.24) is 0 Å². The van der Waals surface area contributed by atoms with E-state index in [2.05, 4.69) is 100 Å². The Hall–Kier alpha value is -0.620. The van der Waals surface area contributed by atoms with E-state index in [9.17, 15) is 0 Å². The monoisotopic (exact) mass is 612 g/mol. The molecule has 3 aromatic rings. The highest BCUT2D eigenvalue weighted by Crippen LogP contribution is 2.53. The summed E-state index contributed by atoms with van der Waals surface area (Å²) in [5, 5.41) is 0. The Kier molecular flexibility index (Phi) is 6.12. The standard InChI is InChI=1S/C22H16Br4O/c23-19-13-7-1-2-8-14(13)20(24)22(26)16-10-4-6-12-18(16)27-17-11-5-3-9-15(17)21(19)25/h1-12,19-22H. The predicted octanol–water partition coefficient (Wildman–Crippen LogP) is 8.94. The van der Waals surface area contributed by atoms with Gasteiger partial charge in [0, 0.05) is 11.1 Å². The fraction of sp³-hybridized carbons (Fsp3) is 0.182. The zero-order chi connectivity index (χ0) is 19.0. The van der Waals surface area contributed by atoms with Crippen molar-refractivity contribution in [3.05, 3.63) is 95.1 Å². The summed E-state index contributed by atoms with van der Waals surface area (Å²) < 4.78 is 6.41. The molecule has 1 aliphatic heterocycles. The van der Waals surface area contributed by atoms with Crippen molar-refractivity contribution in [2.75, 3.05) is 0 Å². The minimum absolute atomic E-state index is 0.0635. The summed E-state index contributed by atoms with van der Waals surface area (Å²) in [5.74, 6) is 1.72. The lowest BCUT2D eigenvalue weighted by Gasteiger charge is -2.24. The lowest BCUT2D eigenvalue weighted by atomic mass is 9.95. The van der Waals surface area contributed by atoms with Gasteiger partial charge in [0.05, 0.1) is 19.3 Å². The van der Waals surface area contributed by atoms with Crippen LogP contribution < -0.4 is 4.74 Å². The summed E-state index contributed by atoms with van der Waals surface area (Å²) >= 11 is 15.7. The van der Waals surface area contributed by atoms with Gasteiger partial charge in [-0.1, -0.05) is 124 Å². The van der Waals surface area contributed by atoms with Crippen LogP contribution in [0.1, 0.15) is 41.6 Å². The molecule has 0 saturated heterocycles. The van der Waals surface area contributed by atoms with E-state index >= 15 is 0 Å². The Morgan fingerprint density at radius 1 is 0.444 bits per heavy atom. The molecule has 1 heterocycles. The molecular weight excluding hydrogens is 600 g/mol. The molecule has 4 unspecified atom stereocenters. The third-order valence-electron chi connectivity index (χ3n) is 4.76. The maximum atomic E-state index is 6.41. The quantitative estimate of drug-likeness (QED) is 0.230. The van der Waals surface area contributed by atoms with E-state index in [-0.39, 0.29) is 19.3 Å². The first kappa shape index (κ1) is 19.7. The molecule has 0 fully saturated rings. The van der Waals surface area contributed by atoms with Gasteiger partial charge >= 0.3 is 0 Å². The van der Waals surface area contributed by atoms with Crippen LogP contribution in [0.3, 0.4) is 0 Å². The number of hydrogen-bond donors (Lipinski definition) is 0. The second-order valence-corrected chi connectivity index (χ2v) is 10.4. The van der Waals surface area contributed by atoms with Gasteiger partial charge < -0.3 is 4.74 Å². The molecule has 0 radical (unpaired) electrons. The van der Waals surface area contributed by atoms with E-state index in [1.807, 2.05) is 36.4 Å². The average Bonchev–Trinajstić information content (AvgIpc) is 2.72. The zero-order valence-electron chi connectivity index (χ0n) is 14.2. The van der Waals surface area contributed by atoms with Crippen LogP contribution in [0.15, 0.2) is 72.8 Å². The van der Waals surface area contributed by atoms with Crippen LogP contribution in [0.25, 0.3) is 0 Å². The molecule has 0 amide bonds. The molecule has 4 rings (SSSR count). The topological polar surface area (TPSA) is 9.23 Å². The number of alkyl halides is 4. The van der Waals surface area contributed by atoms with Gasteiger partial charge in [0.25, 0.3) is 0 Å². The van der Waals surface area contributed by atoms with Crippen LogP contribution in [-0.2, 0) is 0 Å². The fourth-order valence-corrected chi connectivity index (χ4v) is 6.09. The maximum Gasteiger partial charge on any atom is 0.131 e. The number of ether oxygens (including phenoxy) is 1. The van der Waals surface area contributed by atoms with Crippen molar-refractivity contribution in [2.45, 2.75) is 19.3 Å². The van der Waals surface area contributed by atoms with Crippen LogP contribution in [0.4, 0.5) is 0 Å². The van der Waals surface area contributed by atoms with Gasteiger partial charge in [-0.05, 0) is 23.3 Å². The SMILES string of the molecule is BrC1c2ccccc2Oc2ccccc2C(Br)C(Br)c2ccccc2C1Br. The first-order chi connectivity index (χ1) is 13.1. The van der Waals surface area contributed by atoms with Crippen molar-refractivity contribution >= 4 is 63.7 Å². The summed E-state index contributed by atoms with van der Waals surface area (Å²) in [4.78, 5) is 0.320. The lowest BCUT2D eigenvalue weighted by molar-refractivity contribution is 0.469. The van der Waals surface area contributed by atoms with E-state index in [1.165, 1.54) is 11.1 Å². The molecule has 138 valence electrons. The number of benzene rings is 3. The number of para-hydroxylation sites is 2. The van der Waals surface area contributed by atoms with Crippen molar-refractivity contribution in [3.8, 4) is 11.5 Å². The Morgan fingerprint density at radius 2 is 0.741 bits per heavy atom. The van der Waals surface area contributed by atoms with Gasteiger partial charge in [0.1, 0.15) is 11.5 Å². The van der Waals surface area contributed by atoms with Gasteiger partial charge in [0.15, 0.2) is 0 Å². The first-order valence-electron chi connectivity index (χ1n) is 8.58. The van der Waals surface area contributed by atoms with Crippen LogP contribution in [0, 0.1) is 0 Å². The van der Waals surface area contributed by atoms with Crippen molar-refractivity contribution in [3.63, 3.8) is 0 Å². The largest absolute Gasteiger partial charge is 0.457 e. The molecular formula is C22H16Br4O. The molecule has 0 bridgehead atoms. The maximum absolute atomic E-state index is 6.41. The number of fused-ring (bicyclic) bond motifs is 3. The number of rotatable bonds is 0. The summed E-state index contributed by atoms with van der Waals surface area (Å²) in [6.45, 7) is 0. The van der Waals surface area contributed by atoms with Crippen molar-refractivity contribution in [2.24, 2.45) is 0 Å². The van der Waals surface area contributed by atoms with Gasteiger partial charge in [-0.15, -0.1) is 0 Å². The van der Waals surface area contributed by atoms with E-state index in [0.29, 0.717) is 0 Å². The number of halogens is 4. The van der Waals surface area contributed by atoms with Gasteiger partial charge in [-0.3, -0.25) is 0 Å². The smallest absolute Gasteiger partial charge is 0.131 e. The molecule has 1 aliphatic rings. The second kappa shape index (κ2) is 8.40. The molecule has 0 saturated carbocycles. The Morgan fingerprint density at radius 3 is 1.15 bits per heavy atom. The van der Waals surface area contributed by atoms with Crippen LogP contribution in [-0.4, -0.2) is 0 Å². The number of hydrogen-bond acceptors (Lipinski definition) is 1. The summed E-state index contributed by atoms with van der Waals surface area (Å²) in [6.07, 6.45) is 0. The molecule has 0 aliphatic carbocycles. The normalized spacial score (nSPS) is 24.6. The summed E-state index contributed by atoms with van der Waals surface area (Å²) in [7, 11) is 0. The predicted molar refractivity (Wildman–Crippen MR) is 126 cm³/mol. The molecule has 0 aromatic heterocycles. The summed E-state index contributed by atoms with van der Waals surface area (Å²) in [6, 6.07) is 25.0. The molecule has 3 aromatic carbocycles. The Balaban J connectivity index is 1.97. The Labute approximate surface area is 193 Å². The van der Waals surface area contributed by atoms with Gasteiger partial charge in [-0.2, -0.15) is 0 Å². The molecule has 0 N–H and O–H groups in total.